The zero-order chi connectivity index (χ0) is 15.5. The minimum atomic E-state index is -4.44. The fourth-order valence-electron chi connectivity index (χ4n) is 2.34. The average molecular weight is 301 g/mol. The van der Waals surface area contributed by atoms with Crippen molar-refractivity contribution in [1.29, 1.82) is 0 Å². The Morgan fingerprint density at radius 2 is 2.19 bits per heavy atom. The molecular formula is C15H18F3NO2. The quantitative estimate of drug-likeness (QED) is 0.927. The van der Waals surface area contributed by atoms with Gasteiger partial charge in [-0.1, -0.05) is 6.07 Å². The molecule has 1 aliphatic heterocycles. The molecule has 1 aliphatic rings. The molecule has 1 aromatic rings. The van der Waals surface area contributed by atoms with Gasteiger partial charge >= 0.3 is 6.18 Å². The predicted molar refractivity (Wildman–Crippen MR) is 72.1 cm³/mol. The molecule has 21 heavy (non-hydrogen) atoms. The molecule has 1 heterocycles. The van der Waals surface area contributed by atoms with E-state index in [0.29, 0.717) is 24.6 Å². The van der Waals surface area contributed by atoms with Crippen LogP contribution < -0.4 is 5.32 Å². The van der Waals surface area contributed by atoms with Crippen LogP contribution in [0.5, 0.6) is 0 Å². The van der Waals surface area contributed by atoms with Crippen molar-refractivity contribution >= 4 is 5.91 Å². The molecule has 1 N–H and O–H groups in total. The molecule has 1 aromatic carbocycles. The Bertz CT molecular complexity index is 508. The second-order valence-corrected chi connectivity index (χ2v) is 5.30. The van der Waals surface area contributed by atoms with Crippen molar-refractivity contribution in [3.8, 4) is 0 Å². The molecule has 116 valence electrons. The highest BCUT2D eigenvalue weighted by molar-refractivity contribution is 5.95. The fraction of sp³-hybridized carbons (Fsp3) is 0.533. The molecule has 1 atom stereocenters. The summed E-state index contributed by atoms with van der Waals surface area (Å²) < 4.78 is 43.3. The molecule has 0 spiro atoms. The number of carbonyl (C=O) groups is 1. The topological polar surface area (TPSA) is 38.3 Å². The van der Waals surface area contributed by atoms with Crippen LogP contribution in [0, 0.1) is 12.8 Å². The zero-order valence-electron chi connectivity index (χ0n) is 11.8. The van der Waals surface area contributed by atoms with Crippen LogP contribution in [0.4, 0.5) is 13.2 Å². The van der Waals surface area contributed by atoms with Crippen LogP contribution in [-0.2, 0) is 10.9 Å². The van der Waals surface area contributed by atoms with Gasteiger partial charge in [0, 0.05) is 25.3 Å². The SMILES string of the molecule is Cc1ccc(C(F)(F)F)cc1C(=O)NCC[C@H]1CCOC1. The molecule has 2 rings (SSSR count). The van der Waals surface area contributed by atoms with Gasteiger partial charge < -0.3 is 10.1 Å². The number of nitrogens with one attached hydrogen (secondary N) is 1. The molecule has 0 saturated carbocycles. The summed E-state index contributed by atoms with van der Waals surface area (Å²) in [5.41, 5.74) is -0.195. The number of carbonyl (C=O) groups excluding carboxylic acids is 1. The molecule has 3 nitrogen and oxygen atoms in total. The maximum absolute atomic E-state index is 12.7. The Morgan fingerprint density at radius 1 is 1.43 bits per heavy atom. The molecule has 1 saturated heterocycles. The van der Waals surface area contributed by atoms with E-state index >= 15 is 0 Å². The van der Waals surface area contributed by atoms with Crippen molar-refractivity contribution in [2.45, 2.75) is 25.9 Å². The summed E-state index contributed by atoms with van der Waals surface area (Å²) in [6.45, 7) is 3.51. The van der Waals surface area contributed by atoms with Crippen LogP contribution >= 0.6 is 0 Å². The molecule has 1 amide bonds. The van der Waals surface area contributed by atoms with Gasteiger partial charge in [-0.3, -0.25) is 4.79 Å². The van der Waals surface area contributed by atoms with Crippen LogP contribution in [-0.4, -0.2) is 25.7 Å². The lowest BCUT2D eigenvalue weighted by Crippen LogP contribution is -2.27. The Hall–Kier alpha value is -1.56. The normalized spacial score (nSPS) is 18.8. The average Bonchev–Trinajstić information content (AvgIpc) is 2.91. The Balaban J connectivity index is 1.97. The molecule has 0 unspecified atom stereocenters. The second-order valence-electron chi connectivity index (χ2n) is 5.30. The first-order valence-electron chi connectivity index (χ1n) is 6.91. The predicted octanol–water partition coefficient (Wildman–Crippen LogP) is 3.17. The summed E-state index contributed by atoms with van der Waals surface area (Å²) in [5.74, 6) is -0.0366. The smallest absolute Gasteiger partial charge is 0.381 e. The van der Waals surface area contributed by atoms with Gasteiger partial charge in [-0.05, 0) is 43.4 Å². The molecule has 0 aromatic heterocycles. The van der Waals surface area contributed by atoms with E-state index in [2.05, 4.69) is 5.32 Å². The van der Waals surface area contributed by atoms with E-state index in [-0.39, 0.29) is 5.56 Å². The largest absolute Gasteiger partial charge is 0.416 e. The summed E-state index contributed by atoms with van der Waals surface area (Å²) in [6.07, 6.45) is -2.69. The van der Waals surface area contributed by atoms with Crippen molar-refractivity contribution in [1.82, 2.24) is 5.32 Å². The number of aryl methyl sites for hydroxylation is 1. The molecule has 0 aliphatic carbocycles. The monoisotopic (exact) mass is 301 g/mol. The summed E-state index contributed by atoms with van der Waals surface area (Å²) in [5, 5.41) is 2.68. The Labute approximate surface area is 121 Å². The van der Waals surface area contributed by atoms with Gasteiger partial charge in [0.15, 0.2) is 0 Å². The first-order chi connectivity index (χ1) is 9.88. The van der Waals surface area contributed by atoms with E-state index in [4.69, 9.17) is 4.74 Å². The van der Waals surface area contributed by atoms with E-state index in [0.717, 1.165) is 31.6 Å². The van der Waals surface area contributed by atoms with Gasteiger partial charge in [0.05, 0.1) is 5.56 Å². The number of hydrogen-bond donors (Lipinski definition) is 1. The van der Waals surface area contributed by atoms with Gasteiger partial charge in [-0.2, -0.15) is 13.2 Å². The zero-order valence-corrected chi connectivity index (χ0v) is 11.8. The van der Waals surface area contributed by atoms with E-state index in [1.54, 1.807) is 6.92 Å². The van der Waals surface area contributed by atoms with E-state index in [1.165, 1.54) is 6.07 Å². The molecule has 6 heteroatoms. The minimum Gasteiger partial charge on any atom is -0.381 e. The third kappa shape index (κ3) is 4.20. The van der Waals surface area contributed by atoms with Gasteiger partial charge in [-0.25, -0.2) is 0 Å². The molecule has 1 fully saturated rings. The van der Waals surface area contributed by atoms with Crippen molar-refractivity contribution in [3.63, 3.8) is 0 Å². The van der Waals surface area contributed by atoms with E-state index in [9.17, 15) is 18.0 Å². The van der Waals surface area contributed by atoms with Crippen LogP contribution in [0.2, 0.25) is 0 Å². The third-order valence-corrected chi connectivity index (χ3v) is 3.67. The molecule has 0 radical (unpaired) electrons. The van der Waals surface area contributed by atoms with Gasteiger partial charge in [0.2, 0.25) is 0 Å². The summed E-state index contributed by atoms with van der Waals surface area (Å²) in [4.78, 5) is 12.0. The van der Waals surface area contributed by atoms with Crippen LogP contribution in [0.3, 0.4) is 0 Å². The summed E-state index contributed by atoms with van der Waals surface area (Å²) in [7, 11) is 0. The summed E-state index contributed by atoms with van der Waals surface area (Å²) in [6, 6.07) is 3.22. The highest BCUT2D eigenvalue weighted by atomic mass is 19.4. The van der Waals surface area contributed by atoms with E-state index in [1.807, 2.05) is 0 Å². The van der Waals surface area contributed by atoms with Crippen molar-refractivity contribution < 1.29 is 22.7 Å². The lowest BCUT2D eigenvalue weighted by atomic mass is 10.0. The number of alkyl halides is 3. The first-order valence-corrected chi connectivity index (χ1v) is 6.91. The fourth-order valence-corrected chi connectivity index (χ4v) is 2.34. The Morgan fingerprint density at radius 3 is 2.81 bits per heavy atom. The van der Waals surface area contributed by atoms with Crippen LogP contribution in [0.15, 0.2) is 18.2 Å². The first kappa shape index (κ1) is 15.8. The molecule has 0 bridgehead atoms. The number of hydrogen-bond acceptors (Lipinski definition) is 2. The standard InChI is InChI=1S/C15H18F3NO2/c1-10-2-3-12(15(16,17)18)8-13(10)14(20)19-6-4-11-5-7-21-9-11/h2-3,8,11H,4-7,9H2,1H3,(H,19,20)/t11-/m0/s1. The third-order valence-electron chi connectivity index (χ3n) is 3.67. The van der Waals surface area contributed by atoms with Crippen molar-refractivity contribution in [2.75, 3.05) is 19.8 Å². The molecular weight excluding hydrogens is 283 g/mol. The van der Waals surface area contributed by atoms with Crippen molar-refractivity contribution in [3.05, 3.63) is 34.9 Å². The number of rotatable bonds is 4. The van der Waals surface area contributed by atoms with Crippen molar-refractivity contribution in [2.24, 2.45) is 5.92 Å². The van der Waals surface area contributed by atoms with Gasteiger partial charge in [0.25, 0.3) is 5.91 Å². The number of benzene rings is 1. The Kier molecular flexibility index (Phi) is 4.88. The van der Waals surface area contributed by atoms with Gasteiger partial charge in [-0.15, -0.1) is 0 Å². The minimum absolute atomic E-state index is 0.0764. The number of amides is 1. The highest BCUT2D eigenvalue weighted by Crippen LogP contribution is 2.30. The van der Waals surface area contributed by atoms with E-state index < -0.39 is 17.6 Å². The van der Waals surface area contributed by atoms with Gasteiger partial charge in [0.1, 0.15) is 0 Å². The summed E-state index contributed by atoms with van der Waals surface area (Å²) >= 11 is 0. The second kappa shape index (κ2) is 6.47. The van der Waals surface area contributed by atoms with Crippen LogP contribution in [0.1, 0.15) is 34.3 Å². The highest BCUT2D eigenvalue weighted by Gasteiger charge is 2.31. The maximum Gasteiger partial charge on any atom is 0.416 e. The number of ether oxygens (including phenoxy) is 1. The number of halogens is 3. The maximum atomic E-state index is 12.7. The lowest BCUT2D eigenvalue weighted by molar-refractivity contribution is -0.137. The lowest BCUT2D eigenvalue weighted by Gasteiger charge is -2.12. The van der Waals surface area contributed by atoms with Crippen LogP contribution in [0.25, 0.3) is 0 Å².